The number of unbranched alkanes of at least 4 members (excludes halogenated alkanes) is 1. The van der Waals surface area contributed by atoms with Crippen LogP contribution in [0.25, 0.3) is 0 Å². The summed E-state index contributed by atoms with van der Waals surface area (Å²) in [5.41, 5.74) is 1.86. The summed E-state index contributed by atoms with van der Waals surface area (Å²) in [6, 6.07) is 0. The van der Waals surface area contributed by atoms with E-state index in [0.29, 0.717) is 0 Å². The van der Waals surface area contributed by atoms with E-state index in [0.717, 1.165) is 11.8 Å². The normalized spacial score (nSPS) is 24.4. The van der Waals surface area contributed by atoms with Gasteiger partial charge >= 0.3 is 0 Å². The van der Waals surface area contributed by atoms with E-state index in [1.54, 1.807) is 0 Å². The van der Waals surface area contributed by atoms with E-state index in [1.807, 2.05) is 5.57 Å². The van der Waals surface area contributed by atoms with E-state index in [-0.39, 0.29) is 0 Å². The van der Waals surface area contributed by atoms with Gasteiger partial charge in [0.25, 0.3) is 0 Å². The van der Waals surface area contributed by atoms with E-state index in [1.165, 1.54) is 83.5 Å². The van der Waals surface area contributed by atoms with Crippen molar-refractivity contribution in [1.29, 1.82) is 0 Å². The maximum Gasteiger partial charge on any atom is -0.0203 e. The summed E-state index contributed by atoms with van der Waals surface area (Å²) in [5.74, 6) is 1.90. The Bertz CT molecular complexity index is 239. The topological polar surface area (TPSA) is 0 Å². The van der Waals surface area contributed by atoms with Crippen LogP contribution in [0.5, 0.6) is 0 Å². The molecule has 0 N–H and O–H groups in total. The SMILES string of the molecule is CCCCC(=CC1CCCCC1)C1CCCCC1. The molecule has 104 valence electrons. The van der Waals surface area contributed by atoms with Crippen molar-refractivity contribution in [2.45, 2.75) is 90.4 Å². The average molecular weight is 248 g/mol. The lowest BCUT2D eigenvalue weighted by atomic mass is 9.79. The first-order chi connectivity index (χ1) is 8.90. The van der Waals surface area contributed by atoms with Gasteiger partial charge in [0.2, 0.25) is 0 Å². The molecule has 0 heterocycles. The summed E-state index contributed by atoms with van der Waals surface area (Å²) >= 11 is 0. The van der Waals surface area contributed by atoms with Crippen molar-refractivity contribution in [3.8, 4) is 0 Å². The zero-order valence-electron chi connectivity index (χ0n) is 12.4. The van der Waals surface area contributed by atoms with Crippen molar-refractivity contribution < 1.29 is 0 Å². The third-order valence-electron chi connectivity index (χ3n) is 5.05. The van der Waals surface area contributed by atoms with Crippen molar-refractivity contribution >= 4 is 0 Å². The van der Waals surface area contributed by atoms with Crippen LogP contribution in [-0.2, 0) is 0 Å². The quantitative estimate of drug-likeness (QED) is 0.503. The van der Waals surface area contributed by atoms with Crippen molar-refractivity contribution in [3.05, 3.63) is 11.6 Å². The van der Waals surface area contributed by atoms with Gasteiger partial charge in [0, 0.05) is 0 Å². The van der Waals surface area contributed by atoms with Gasteiger partial charge in [-0.2, -0.15) is 0 Å². The van der Waals surface area contributed by atoms with Gasteiger partial charge in [0.05, 0.1) is 0 Å². The van der Waals surface area contributed by atoms with Crippen LogP contribution in [0.1, 0.15) is 90.4 Å². The predicted octanol–water partition coefficient (Wildman–Crippen LogP) is 6.26. The van der Waals surface area contributed by atoms with Gasteiger partial charge in [0.1, 0.15) is 0 Å². The second kappa shape index (κ2) is 8.02. The second-order valence-corrected chi connectivity index (χ2v) is 6.58. The number of rotatable bonds is 5. The summed E-state index contributed by atoms with van der Waals surface area (Å²) in [6.07, 6.45) is 21.7. The summed E-state index contributed by atoms with van der Waals surface area (Å²) in [6.45, 7) is 2.33. The van der Waals surface area contributed by atoms with Crippen LogP contribution in [0.2, 0.25) is 0 Å². The first-order valence-electron chi connectivity index (χ1n) is 8.60. The predicted molar refractivity (Wildman–Crippen MR) is 80.8 cm³/mol. The summed E-state index contributed by atoms with van der Waals surface area (Å²) in [7, 11) is 0. The molecule has 2 fully saturated rings. The molecule has 0 bridgehead atoms. The van der Waals surface area contributed by atoms with Gasteiger partial charge in [-0.25, -0.2) is 0 Å². The molecule has 0 aromatic heterocycles. The van der Waals surface area contributed by atoms with E-state index in [2.05, 4.69) is 13.0 Å². The fourth-order valence-electron chi connectivity index (χ4n) is 3.88. The highest BCUT2D eigenvalue weighted by Gasteiger charge is 2.19. The van der Waals surface area contributed by atoms with Gasteiger partial charge in [-0.05, 0) is 50.4 Å². The largest absolute Gasteiger partial charge is 0.0819 e. The Hall–Kier alpha value is -0.260. The van der Waals surface area contributed by atoms with E-state index in [9.17, 15) is 0 Å². The maximum absolute atomic E-state index is 2.74. The molecule has 0 unspecified atom stereocenters. The molecule has 0 saturated heterocycles. The van der Waals surface area contributed by atoms with Crippen LogP contribution < -0.4 is 0 Å². The molecular formula is C18H32. The Morgan fingerprint density at radius 2 is 1.50 bits per heavy atom. The Labute approximate surface area is 114 Å². The Morgan fingerprint density at radius 1 is 0.889 bits per heavy atom. The van der Waals surface area contributed by atoms with Crippen LogP contribution in [-0.4, -0.2) is 0 Å². The van der Waals surface area contributed by atoms with Crippen LogP contribution in [0.3, 0.4) is 0 Å². The molecule has 0 aliphatic heterocycles. The molecule has 18 heavy (non-hydrogen) atoms. The van der Waals surface area contributed by atoms with Crippen LogP contribution in [0.15, 0.2) is 11.6 Å². The standard InChI is InChI=1S/C18H32/c1-2-3-12-18(17-13-8-5-9-14-17)15-16-10-6-4-7-11-16/h15-17H,2-14H2,1H3. The minimum atomic E-state index is 0.938. The number of allylic oxidation sites excluding steroid dienone is 2. The van der Waals surface area contributed by atoms with Gasteiger partial charge in [-0.1, -0.05) is 63.5 Å². The number of hydrogen-bond acceptors (Lipinski definition) is 0. The maximum atomic E-state index is 2.74. The minimum absolute atomic E-state index is 0.938. The van der Waals surface area contributed by atoms with Gasteiger partial charge in [-0.3, -0.25) is 0 Å². The molecule has 0 spiro atoms. The molecule has 2 aliphatic rings. The van der Waals surface area contributed by atoms with Crippen LogP contribution in [0.4, 0.5) is 0 Å². The average Bonchev–Trinajstić information content (AvgIpc) is 2.45. The molecule has 0 radical (unpaired) electrons. The third-order valence-corrected chi connectivity index (χ3v) is 5.05. The Morgan fingerprint density at radius 3 is 2.11 bits per heavy atom. The monoisotopic (exact) mass is 248 g/mol. The van der Waals surface area contributed by atoms with E-state index >= 15 is 0 Å². The fourth-order valence-corrected chi connectivity index (χ4v) is 3.88. The molecule has 0 atom stereocenters. The van der Waals surface area contributed by atoms with E-state index in [4.69, 9.17) is 0 Å². The molecule has 0 heteroatoms. The minimum Gasteiger partial charge on any atom is -0.0819 e. The molecule has 0 aromatic rings. The highest BCUT2D eigenvalue weighted by molar-refractivity contribution is 5.10. The molecule has 0 nitrogen and oxygen atoms in total. The lowest BCUT2D eigenvalue weighted by Gasteiger charge is -2.27. The van der Waals surface area contributed by atoms with E-state index < -0.39 is 0 Å². The van der Waals surface area contributed by atoms with Gasteiger partial charge < -0.3 is 0 Å². The molecule has 0 amide bonds. The second-order valence-electron chi connectivity index (χ2n) is 6.58. The molecule has 2 saturated carbocycles. The molecule has 2 aliphatic carbocycles. The van der Waals surface area contributed by atoms with Crippen molar-refractivity contribution in [2.75, 3.05) is 0 Å². The zero-order chi connectivity index (χ0) is 12.6. The molecule has 2 rings (SSSR count). The van der Waals surface area contributed by atoms with Crippen LogP contribution in [0, 0.1) is 11.8 Å². The van der Waals surface area contributed by atoms with Gasteiger partial charge in [-0.15, -0.1) is 0 Å². The highest BCUT2D eigenvalue weighted by Crippen LogP contribution is 2.35. The molecule has 0 aromatic carbocycles. The molecular weight excluding hydrogens is 216 g/mol. The van der Waals surface area contributed by atoms with Crippen molar-refractivity contribution in [1.82, 2.24) is 0 Å². The van der Waals surface area contributed by atoms with Gasteiger partial charge in [0.15, 0.2) is 0 Å². The Balaban J connectivity index is 1.95. The van der Waals surface area contributed by atoms with Crippen molar-refractivity contribution in [2.24, 2.45) is 11.8 Å². The Kier molecular flexibility index (Phi) is 6.31. The summed E-state index contributed by atoms with van der Waals surface area (Å²) < 4.78 is 0. The zero-order valence-corrected chi connectivity index (χ0v) is 12.4. The highest BCUT2D eigenvalue weighted by atomic mass is 14.2. The first-order valence-corrected chi connectivity index (χ1v) is 8.60. The summed E-state index contributed by atoms with van der Waals surface area (Å²) in [4.78, 5) is 0. The third kappa shape index (κ3) is 4.44. The smallest absolute Gasteiger partial charge is 0.0203 e. The number of hydrogen-bond donors (Lipinski definition) is 0. The summed E-state index contributed by atoms with van der Waals surface area (Å²) in [5, 5.41) is 0. The fraction of sp³-hybridized carbons (Fsp3) is 0.889. The lowest BCUT2D eigenvalue weighted by molar-refractivity contribution is 0.378. The van der Waals surface area contributed by atoms with Crippen LogP contribution >= 0.6 is 0 Å². The first kappa shape index (κ1) is 14.2. The lowest BCUT2D eigenvalue weighted by Crippen LogP contribution is -2.12. The van der Waals surface area contributed by atoms with Crippen molar-refractivity contribution in [3.63, 3.8) is 0 Å².